The van der Waals surface area contributed by atoms with Gasteiger partial charge in [-0.3, -0.25) is 0 Å². The zero-order valence-corrected chi connectivity index (χ0v) is 9.49. The van der Waals surface area contributed by atoms with Gasteiger partial charge in [0.05, 0.1) is 7.11 Å². The molecule has 0 saturated heterocycles. The van der Waals surface area contributed by atoms with Crippen LogP contribution in [-0.4, -0.2) is 19.7 Å². The Morgan fingerprint density at radius 1 is 1.33 bits per heavy atom. The van der Waals surface area contributed by atoms with Gasteiger partial charge in [-0.25, -0.2) is 0 Å². The van der Waals surface area contributed by atoms with Gasteiger partial charge < -0.3 is 15.8 Å². The molecule has 84 valence electrons. The van der Waals surface area contributed by atoms with Gasteiger partial charge in [-0.15, -0.1) is 0 Å². The molecule has 0 amide bonds. The Hall–Kier alpha value is -1.22. The molecule has 0 radical (unpaired) electrons. The van der Waals surface area contributed by atoms with Crippen molar-refractivity contribution in [3.8, 4) is 5.75 Å². The number of nitrogens with one attached hydrogen (secondary N) is 1. The molecule has 0 aliphatic carbocycles. The molecule has 1 aromatic carbocycles. The molecule has 0 bridgehead atoms. The number of hydrogen-bond acceptors (Lipinski definition) is 3. The number of methoxy groups -OCH3 is 1. The summed E-state index contributed by atoms with van der Waals surface area (Å²) in [5, 5.41) is 3.30. The van der Waals surface area contributed by atoms with Crippen molar-refractivity contribution < 1.29 is 4.74 Å². The fourth-order valence-corrected chi connectivity index (χ4v) is 1.43. The minimum absolute atomic E-state index is 0.233. The molecule has 0 spiro atoms. The number of hydrogen-bond donors (Lipinski definition) is 2. The predicted molar refractivity (Wildman–Crippen MR) is 64.4 cm³/mol. The van der Waals surface area contributed by atoms with E-state index in [0.29, 0.717) is 0 Å². The molecule has 3 N–H and O–H groups in total. The summed E-state index contributed by atoms with van der Waals surface area (Å²) in [4.78, 5) is 0. The lowest BCUT2D eigenvalue weighted by molar-refractivity contribution is 0.415. The molecule has 0 heterocycles. The zero-order valence-electron chi connectivity index (χ0n) is 9.49. The monoisotopic (exact) mass is 208 g/mol. The first-order valence-electron chi connectivity index (χ1n) is 5.39. The second-order valence-electron chi connectivity index (χ2n) is 3.66. The highest BCUT2D eigenvalue weighted by molar-refractivity contribution is 5.46. The Bertz CT molecular complexity index is 271. The molecule has 0 aliphatic rings. The lowest BCUT2D eigenvalue weighted by Crippen LogP contribution is -2.28. The van der Waals surface area contributed by atoms with Gasteiger partial charge in [0.1, 0.15) is 5.75 Å². The van der Waals surface area contributed by atoms with Gasteiger partial charge in [0.15, 0.2) is 0 Å². The van der Waals surface area contributed by atoms with Crippen molar-refractivity contribution in [3.63, 3.8) is 0 Å². The third-order valence-electron chi connectivity index (χ3n) is 2.32. The van der Waals surface area contributed by atoms with Gasteiger partial charge in [-0.2, -0.15) is 0 Å². The average molecular weight is 208 g/mol. The first kappa shape index (κ1) is 11.9. The van der Waals surface area contributed by atoms with Crippen LogP contribution in [0.5, 0.6) is 5.75 Å². The molecule has 0 fully saturated rings. The van der Waals surface area contributed by atoms with Crippen molar-refractivity contribution in [2.45, 2.75) is 25.8 Å². The Morgan fingerprint density at radius 2 is 2.00 bits per heavy atom. The summed E-state index contributed by atoms with van der Waals surface area (Å²) in [5.41, 5.74) is 6.99. The van der Waals surface area contributed by atoms with E-state index in [1.807, 2.05) is 24.3 Å². The third-order valence-corrected chi connectivity index (χ3v) is 2.32. The molecule has 0 unspecified atom stereocenters. The summed E-state index contributed by atoms with van der Waals surface area (Å²) in [6.45, 7) is 2.97. The predicted octanol–water partition coefficient (Wildman–Crippen LogP) is 2.23. The fourth-order valence-electron chi connectivity index (χ4n) is 1.43. The zero-order chi connectivity index (χ0) is 11.1. The normalized spacial score (nSPS) is 12.2. The molecule has 0 saturated carbocycles. The maximum absolute atomic E-state index is 5.90. The number of ether oxygens (including phenoxy) is 1. The molecule has 1 atom stereocenters. The summed E-state index contributed by atoms with van der Waals surface area (Å²) in [7, 11) is 1.67. The van der Waals surface area contributed by atoms with Crippen LogP contribution in [0, 0.1) is 0 Å². The van der Waals surface area contributed by atoms with E-state index in [4.69, 9.17) is 10.5 Å². The molecule has 1 aromatic rings. The molecular formula is C12H20N2O. The molecule has 3 nitrogen and oxygen atoms in total. The Morgan fingerprint density at radius 3 is 2.53 bits per heavy atom. The molecule has 0 aromatic heterocycles. The first-order chi connectivity index (χ1) is 7.26. The van der Waals surface area contributed by atoms with Gasteiger partial charge in [0.25, 0.3) is 0 Å². The highest BCUT2D eigenvalue weighted by Crippen LogP contribution is 2.14. The van der Waals surface area contributed by atoms with Gasteiger partial charge in [-0.1, -0.05) is 13.3 Å². The largest absolute Gasteiger partial charge is 0.497 e. The van der Waals surface area contributed by atoms with Crippen molar-refractivity contribution in [2.75, 3.05) is 19.0 Å². The second-order valence-corrected chi connectivity index (χ2v) is 3.66. The van der Waals surface area contributed by atoms with Crippen LogP contribution in [0.3, 0.4) is 0 Å². The van der Waals surface area contributed by atoms with Crippen molar-refractivity contribution in [1.29, 1.82) is 0 Å². The van der Waals surface area contributed by atoms with Gasteiger partial charge in [0.2, 0.25) is 0 Å². The lowest BCUT2D eigenvalue weighted by Gasteiger charge is -2.12. The molecule has 0 aliphatic heterocycles. The lowest BCUT2D eigenvalue weighted by atomic mass is 10.2. The van der Waals surface area contributed by atoms with E-state index >= 15 is 0 Å². The Labute approximate surface area is 91.6 Å². The van der Waals surface area contributed by atoms with Crippen LogP contribution >= 0.6 is 0 Å². The summed E-state index contributed by atoms with van der Waals surface area (Å²) in [6.07, 6.45) is 2.19. The minimum Gasteiger partial charge on any atom is -0.497 e. The molecular weight excluding hydrogens is 188 g/mol. The summed E-state index contributed by atoms with van der Waals surface area (Å²) >= 11 is 0. The van der Waals surface area contributed by atoms with Crippen molar-refractivity contribution in [1.82, 2.24) is 0 Å². The van der Waals surface area contributed by atoms with Crippen LogP contribution in [0.4, 0.5) is 5.69 Å². The van der Waals surface area contributed by atoms with Crippen molar-refractivity contribution in [2.24, 2.45) is 5.73 Å². The topological polar surface area (TPSA) is 47.3 Å². The van der Waals surface area contributed by atoms with Crippen LogP contribution in [0.2, 0.25) is 0 Å². The van der Waals surface area contributed by atoms with E-state index in [1.54, 1.807) is 7.11 Å². The van der Waals surface area contributed by atoms with E-state index in [2.05, 4.69) is 12.2 Å². The smallest absolute Gasteiger partial charge is 0.119 e. The van der Waals surface area contributed by atoms with Crippen LogP contribution in [0.25, 0.3) is 0 Å². The van der Waals surface area contributed by atoms with E-state index < -0.39 is 0 Å². The standard InChI is InChI=1S/C12H20N2O/c1-3-4-10(13)9-14-11-5-7-12(15-2)8-6-11/h5-8,10,14H,3-4,9,13H2,1-2H3/t10-/m0/s1. The average Bonchev–Trinajstić information content (AvgIpc) is 2.27. The first-order valence-corrected chi connectivity index (χ1v) is 5.39. The number of nitrogens with two attached hydrogens (primary N) is 1. The third kappa shape index (κ3) is 4.21. The molecule has 3 heteroatoms. The fraction of sp³-hybridized carbons (Fsp3) is 0.500. The van der Waals surface area contributed by atoms with Crippen molar-refractivity contribution >= 4 is 5.69 Å². The SMILES string of the molecule is CCC[C@H](N)CNc1ccc(OC)cc1. The quantitative estimate of drug-likeness (QED) is 0.753. The molecule has 15 heavy (non-hydrogen) atoms. The van der Waals surface area contributed by atoms with Crippen LogP contribution in [0.15, 0.2) is 24.3 Å². The highest BCUT2D eigenvalue weighted by atomic mass is 16.5. The summed E-state index contributed by atoms with van der Waals surface area (Å²) < 4.78 is 5.08. The van der Waals surface area contributed by atoms with Crippen LogP contribution < -0.4 is 15.8 Å². The Balaban J connectivity index is 2.37. The van der Waals surface area contributed by atoms with E-state index in [-0.39, 0.29) is 6.04 Å². The Kier molecular flexibility index (Phi) is 4.98. The second kappa shape index (κ2) is 6.30. The summed E-state index contributed by atoms with van der Waals surface area (Å²) in [6, 6.07) is 8.10. The molecule has 1 rings (SSSR count). The maximum atomic E-state index is 5.90. The van der Waals surface area contributed by atoms with Crippen LogP contribution in [0.1, 0.15) is 19.8 Å². The van der Waals surface area contributed by atoms with E-state index in [9.17, 15) is 0 Å². The van der Waals surface area contributed by atoms with Crippen molar-refractivity contribution in [3.05, 3.63) is 24.3 Å². The number of benzene rings is 1. The maximum Gasteiger partial charge on any atom is 0.119 e. The minimum atomic E-state index is 0.233. The number of anilines is 1. The van der Waals surface area contributed by atoms with Gasteiger partial charge in [0, 0.05) is 18.3 Å². The summed E-state index contributed by atoms with van der Waals surface area (Å²) in [5.74, 6) is 0.874. The van der Waals surface area contributed by atoms with E-state index in [0.717, 1.165) is 30.8 Å². The van der Waals surface area contributed by atoms with E-state index in [1.165, 1.54) is 0 Å². The van der Waals surface area contributed by atoms with Gasteiger partial charge in [-0.05, 0) is 30.7 Å². The highest BCUT2D eigenvalue weighted by Gasteiger charge is 2.00. The van der Waals surface area contributed by atoms with Gasteiger partial charge >= 0.3 is 0 Å². The number of rotatable bonds is 6. The van der Waals surface area contributed by atoms with Crippen LogP contribution in [-0.2, 0) is 0 Å².